The summed E-state index contributed by atoms with van der Waals surface area (Å²) in [4.78, 5) is 4.48. The van der Waals surface area contributed by atoms with Gasteiger partial charge in [0.25, 0.3) is 0 Å². The number of fused-ring (bicyclic) bond motifs is 1. The van der Waals surface area contributed by atoms with E-state index in [1.54, 1.807) is 0 Å². The van der Waals surface area contributed by atoms with Crippen LogP contribution in [0.3, 0.4) is 0 Å². The molecule has 1 aromatic carbocycles. The number of aliphatic hydroxyl groups excluding tert-OH is 1. The van der Waals surface area contributed by atoms with Crippen molar-refractivity contribution in [2.75, 3.05) is 43.1 Å². The molecule has 1 aliphatic rings. The monoisotopic (exact) mass is 192 g/mol. The van der Waals surface area contributed by atoms with Gasteiger partial charge in [-0.2, -0.15) is 0 Å². The minimum Gasteiger partial charge on any atom is -0.395 e. The Morgan fingerprint density at radius 1 is 1.21 bits per heavy atom. The lowest BCUT2D eigenvalue weighted by Crippen LogP contribution is -2.40. The average molecular weight is 192 g/mol. The zero-order valence-electron chi connectivity index (χ0n) is 8.48. The molecular weight excluding hydrogens is 176 g/mol. The molecular formula is C11H16N2O. The summed E-state index contributed by atoms with van der Waals surface area (Å²) in [6, 6.07) is 8.33. The molecule has 0 radical (unpaired) electrons. The lowest BCUT2D eigenvalue weighted by Gasteiger charge is -2.36. The second-order valence-corrected chi connectivity index (χ2v) is 3.62. The lowest BCUT2D eigenvalue weighted by molar-refractivity contribution is 0.301. The molecule has 0 saturated heterocycles. The van der Waals surface area contributed by atoms with Gasteiger partial charge < -0.3 is 14.9 Å². The maximum atomic E-state index is 8.95. The zero-order chi connectivity index (χ0) is 9.97. The SMILES string of the molecule is CN1CCN(CCO)c2ccccc21. The molecule has 0 bridgehead atoms. The highest BCUT2D eigenvalue weighted by Gasteiger charge is 2.18. The molecule has 0 atom stereocenters. The van der Waals surface area contributed by atoms with E-state index in [0.29, 0.717) is 0 Å². The molecule has 0 spiro atoms. The highest BCUT2D eigenvalue weighted by atomic mass is 16.3. The summed E-state index contributed by atoms with van der Waals surface area (Å²) in [5.41, 5.74) is 2.49. The molecule has 0 amide bonds. The predicted molar refractivity (Wildman–Crippen MR) is 59.0 cm³/mol. The summed E-state index contributed by atoms with van der Waals surface area (Å²) in [6.45, 7) is 2.97. The van der Waals surface area contributed by atoms with Gasteiger partial charge in [0.15, 0.2) is 0 Å². The van der Waals surface area contributed by atoms with E-state index in [9.17, 15) is 0 Å². The second-order valence-electron chi connectivity index (χ2n) is 3.62. The molecule has 1 N–H and O–H groups in total. The number of benzene rings is 1. The van der Waals surface area contributed by atoms with Crippen LogP contribution in [0.4, 0.5) is 11.4 Å². The number of anilines is 2. The number of β-amino-alcohol motifs (C(OH)–C–C–N with tert-alkyl or cyclic N) is 1. The maximum absolute atomic E-state index is 8.95. The number of hydrogen-bond donors (Lipinski definition) is 1. The first-order chi connectivity index (χ1) is 6.83. The van der Waals surface area contributed by atoms with Crippen molar-refractivity contribution in [3.05, 3.63) is 24.3 Å². The summed E-state index contributed by atoms with van der Waals surface area (Å²) in [7, 11) is 2.11. The van der Waals surface area contributed by atoms with E-state index < -0.39 is 0 Å². The Morgan fingerprint density at radius 2 is 1.93 bits per heavy atom. The van der Waals surface area contributed by atoms with Crippen LogP contribution in [0.1, 0.15) is 0 Å². The minimum absolute atomic E-state index is 0.220. The van der Waals surface area contributed by atoms with Crippen LogP contribution in [0.15, 0.2) is 24.3 Å². The molecule has 0 aromatic heterocycles. The molecule has 0 saturated carbocycles. The van der Waals surface area contributed by atoms with Crippen LogP contribution in [-0.2, 0) is 0 Å². The zero-order valence-corrected chi connectivity index (χ0v) is 8.48. The van der Waals surface area contributed by atoms with Crippen molar-refractivity contribution in [1.82, 2.24) is 0 Å². The van der Waals surface area contributed by atoms with Gasteiger partial charge in [-0.15, -0.1) is 0 Å². The predicted octanol–water partition coefficient (Wildman–Crippen LogP) is 0.935. The van der Waals surface area contributed by atoms with Crippen LogP contribution in [-0.4, -0.2) is 38.4 Å². The summed E-state index contributed by atoms with van der Waals surface area (Å²) in [5, 5.41) is 8.95. The van der Waals surface area contributed by atoms with Gasteiger partial charge in [-0.25, -0.2) is 0 Å². The Bertz CT molecular complexity index is 314. The first kappa shape index (κ1) is 9.34. The summed E-state index contributed by atoms with van der Waals surface area (Å²) in [5.74, 6) is 0. The van der Waals surface area contributed by atoms with Crippen LogP contribution >= 0.6 is 0 Å². The Balaban J connectivity index is 2.31. The molecule has 76 valence electrons. The van der Waals surface area contributed by atoms with Crippen molar-refractivity contribution < 1.29 is 5.11 Å². The molecule has 1 aliphatic heterocycles. The standard InChI is InChI=1S/C11H16N2O/c1-12-6-7-13(8-9-14)11-5-3-2-4-10(11)12/h2-5,14H,6-9H2,1H3. The van der Waals surface area contributed by atoms with Crippen LogP contribution in [0.25, 0.3) is 0 Å². The van der Waals surface area contributed by atoms with Crippen molar-refractivity contribution in [3.8, 4) is 0 Å². The van der Waals surface area contributed by atoms with Crippen LogP contribution in [0.2, 0.25) is 0 Å². The molecule has 0 aliphatic carbocycles. The molecule has 3 nitrogen and oxygen atoms in total. The molecule has 0 unspecified atom stereocenters. The van der Waals surface area contributed by atoms with Crippen LogP contribution in [0.5, 0.6) is 0 Å². The largest absolute Gasteiger partial charge is 0.395 e. The Labute approximate surface area is 84.6 Å². The van der Waals surface area contributed by atoms with E-state index in [-0.39, 0.29) is 6.61 Å². The van der Waals surface area contributed by atoms with Gasteiger partial charge in [-0.3, -0.25) is 0 Å². The van der Waals surface area contributed by atoms with Gasteiger partial charge in [-0.05, 0) is 12.1 Å². The van der Waals surface area contributed by atoms with Crippen molar-refractivity contribution >= 4 is 11.4 Å². The number of para-hydroxylation sites is 2. The van der Waals surface area contributed by atoms with Gasteiger partial charge in [0.2, 0.25) is 0 Å². The molecule has 3 heteroatoms. The Hall–Kier alpha value is -1.22. The van der Waals surface area contributed by atoms with Gasteiger partial charge in [-0.1, -0.05) is 12.1 Å². The molecule has 2 rings (SSSR count). The van der Waals surface area contributed by atoms with Crippen LogP contribution in [0, 0.1) is 0 Å². The average Bonchev–Trinajstić information content (AvgIpc) is 2.23. The first-order valence-electron chi connectivity index (χ1n) is 4.99. The van der Waals surface area contributed by atoms with E-state index in [4.69, 9.17) is 5.11 Å². The van der Waals surface area contributed by atoms with E-state index >= 15 is 0 Å². The van der Waals surface area contributed by atoms with Crippen molar-refractivity contribution in [3.63, 3.8) is 0 Å². The summed E-state index contributed by atoms with van der Waals surface area (Å²) in [6.07, 6.45) is 0. The highest BCUT2D eigenvalue weighted by molar-refractivity contribution is 5.72. The fourth-order valence-electron chi connectivity index (χ4n) is 1.92. The third kappa shape index (κ3) is 1.55. The normalized spacial score (nSPS) is 15.6. The van der Waals surface area contributed by atoms with E-state index in [2.05, 4.69) is 35.0 Å². The van der Waals surface area contributed by atoms with Gasteiger partial charge in [0.1, 0.15) is 0 Å². The summed E-state index contributed by atoms with van der Waals surface area (Å²) < 4.78 is 0. The van der Waals surface area contributed by atoms with E-state index in [1.165, 1.54) is 11.4 Å². The highest BCUT2D eigenvalue weighted by Crippen LogP contribution is 2.31. The van der Waals surface area contributed by atoms with Gasteiger partial charge >= 0.3 is 0 Å². The Kier molecular flexibility index (Phi) is 2.59. The molecule has 1 aromatic rings. The number of aliphatic hydroxyl groups is 1. The van der Waals surface area contributed by atoms with Gasteiger partial charge in [0, 0.05) is 26.7 Å². The topological polar surface area (TPSA) is 26.7 Å². The van der Waals surface area contributed by atoms with Crippen molar-refractivity contribution in [2.24, 2.45) is 0 Å². The fourth-order valence-corrected chi connectivity index (χ4v) is 1.92. The summed E-state index contributed by atoms with van der Waals surface area (Å²) >= 11 is 0. The maximum Gasteiger partial charge on any atom is 0.0606 e. The molecule has 14 heavy (non-hydrogen) atoms. The van der Waals surface area contributed by atoms with Gasteiger partial charge in [0.05, 0.1) is 18.0 Å². The van der Waals surface area contributed by atoms with E-state index in [0.717, 1.165) is 19.6 Å². The quantitative estimate of drug-likeness (QED) is 0.755. The lowest BCUT2D eigenvalue weighted by atomic mass is 10.2. The number of nitrogens with zero attached hydrogens (tertiary/aromatic N) is 2. The number of hydrogen-bond acceptors (Lipinski definition) is 3. The van der Waals surface area contributed by atoms with Crippen LogP contribution < -0.4 is 9.80 Å². The fraction of sp³-hybridized carbons (Fsp3) is 0.455. The number of likely N-dealkylation sites (N-methyl/N-ethyl adjacent to an activating group) is 1. The molecule has 1 heterocycles. The molecule has 0 fully saturated rings. The smallest absolute Gasteiger partial charge is 0.0606 e. The third-order valence-electron chi connectivity index (χ3n) is 2.71. The van der Waals surface area contributed by atoms with E-state index in [1.807, 2.05) is 6.07 Å². The van der Waals surface area contributed by atoms with Crippen molar-refractivity contribution in [1.29, 1.82) is 0 Å². The Morgan fingerprint density at radius 3 is 2.64 bits per heavy atom. The number of rotatable bonds is 2. The first-order valence-corrected chi connectivity index (χ1v) is 4.99. The minimum atomic E-state index is 0.220. The van der Waals surface area contributed by atoms with Crippen molar-refractivity contribution in [2.45, 2.75) is 0 Å². The second kappa shape index (κ2) is 3.88. The third-order valence-corrected chi connectivity index (χ3v) is 2.71.